The maximum atomic E-state index is 12.4. The molecule has 1 aliphatic heterocycles. The first-order valence-corrected chi connectivity index (χ1v) is 8.11. The third-order valence-corrected chi connectivity index (χ3v) is 3.81. The van der Waals surface area contributed by atoms with E-state index < -0.39 is 6.10 Å². The summed E-state index contributed by atoms with van der Waals surface area (Å²) in [7, 11) is 1.60. The molecule has 2 aromatic carbocycles. The first-order chi connectivity index (χ1) is 12.2. The molecule has 1 aliphatic rings. The van der Waals surface area contributed by atoms with Crippen LogP contribution in [0.1, 0.15) is 18.9 Å². The molecule has 3 rings (SSSR count). The molecule has 1 unspecified atom stereocenters. The second-order valence-electron chi connectivity index (χ2n) is 5.48. The van der Waals surface area contributed by atoms with Crippen molar-refractivity contribution in [2.24, 2.45) is 5.16 Å². The summed E-state index contributed by atoms with van der Waals surface area (Å²) in [6.45, 7) is 2.52. The molecule has 1 amide bonds. The summed E-state index contributed by atoms with van der Waals surface area (Å²) in [5, 5.41) is 6.88. The van der Waals surface area contributed by atoms with Gasteiger partial charge in [0, 0.05) is 17.7 Å². The van der Waals surface area contributed by atoms with Crippen LogP contribution in [0.5, 0.6) is 11.5 Å². The minimum absolute atomic E-state index is 0.238. The van der Waals surface area contributed by atoms with Crippen LogP contribution in [0.3, 0.4) is 0 Å². The van der Waals surface area contributed by atoms with Crippen LogP contribution in [-0.4, -0.2) is 31.4 Å². The summed E-state index contributed by atoms with van der Waals surface area (Å²) < 4.78 is 10.7. The number of hydrogen-bond acceptors (Lipinski definition) is 5. The Morgan fingerprint density at radius 2 is 2.00 bits per heavy atom. The van der Waals surface area contributed by atoms with Gasteiger partial charge in [-0.2, -0.15) is 0 Å². The Morgan fingerprint density at radius 1 is 1.24 bits per heavy atom. The van der Waals surface area contributed by atoms with Gasteiger partial charge in [0.05, 0.1) is 19.4 Å². The molecular formula is C19H20N2O4. The van der Waals surface area contributed by atoms with Crippen LogP contribution < -0.4 is 14.8 Å². The Hall–Kier alpha value is -3.02. The van der Waals surface area contributed by atoms with E-state index >= 15 is 0 Å². The molecule has 25 heavy (non-hydrogen) atoms. The van der Waals surface area contributed by atoms with Gasteiger partial charge in [-0.25, -0.2) is 0 Å². The first kappa shape index (κ1) is 16.8. The predicted molar refractivity (Wildman–Crippen MR) is 95.3 cm³/mol. The molecule has 6 heteroatoms. The molecule has 0 fully saturated rings. The van der Waals surface area contributed by atoms with Crippen molar-refractivity contribution < 1.29 is 19.1 Å². The van der Waals surface area contributed by atoms with E-state index in [-0.39, 0.29) is 5.91 Å². The van der Waals surface area contributed by atoms with Crippen molar-refractivity contribution in [2.45, 2.75) is 19.4 Å². The van der Waals surface area contributed by atoms with Gasteiger partial charge in [0.15, 0.2) is 0 Å². The van der Waals surface area contributed by atoms with E-state index in [0.29, 0.717) is 30.2 Å². The molecule has 0 saturated heterocycles. The minimum Gasteiger partial charge on any atom is -0.496 e. The summed E-state index contributed by atoms with van der Waals surface area (Å²) in [5.41, 5.74) is 2.22. The smallest absolute Gasteiger partial charge is 0.268 e. The van der Waals surface area contributed by atoms with Gasteiger partial charge in [0.2, 0.25) is 6.10 Å². The summed E-state index contributed by atoms with van der Waals surface area (Å²) in [6.07, 6.45) is -0.269. The highest BCUT2D eigenvalue weighted by Crippen LogP contribution is 2.25. The molecular weight excluding hydrogens is 320 g/mol. The van der Waals surface area contributed by atoms with Crippen molar-refractivity contribution in [3.05, 3.63) is 54.1 Å². The highest BCUT2D eigenvalue weighted by Gasteiger charge is 2.30. The van der Waals surface area contributed by atoms with Gasteiger partial charge in [-0.1, -0.05) is 17.3 Å². The topological polar surface area (TPSA) is 69.2 Å². The summed E-state index contributed by atoms with van der Waals surface area (Å²) in [6, 6.07) is 14.7. The Morgan fingerprint density at radius 3 is 2.72 bits per heavy atom. The summed E-state index contributed by atoms with van der Waals surface area (Å²) >= 11 is 0. The molecule has 0 saturated carbocycles. The Kier molecular flexibility index (Phi) is 5.18. The normalized spacial score (nSPS) is 15.9. The van der Waals surface area contributed by atoms with Crippen LogP contribution >= 0.6 is 0 Å². The maximum Gasteiger partial charge on any atom is 0.268 e. The van der Waals surface area contributed by atoms with Crippen LogP contribution in [0.2, 0.25) is 0 Å². The van der Waals surface area contributed by atoms with Gasteiger partial charge in [0.25, 0.3) is 5.91 Å². The number of methoxy groups -OCH3 is 1. The molecule has 2 aromatic rings. The molecule has 1 atom stereocenters. The SMILES string of the molecule is CCOc1ccc(NC(=O)C2CC(c3ccccc3OC)=NO2)cc1. The van der Waals surface area contributed by atoms with Gasteiger partial charge >= 0.3 is 0 Å². The van der Waals surface area contributed by atoms with E-state index in [1.165, 1.54) is 0 Å². The fourth-order valence-electron chi connectivity index (χ4n) is 2.58. The molecule has 0 radical (unpaired) electrons. The number of nitrogens with zero attached hydrogens (tertiary/aromatic N) is 1. The lowest BCUT2D eigenvalue weighted by atomic mass is 10.0. The van der Waals surface area contributed by atoms with Crippen molar-refractivity contribution in [2.75, 3.05) is 19.0 Å². The van der Waals surface area contributed by atoms with Crippen molar-refractivity contribution in [3.8, 4) is 11.5 Å². The molecule has 0 aromatic heterocycles. The van der Waals surface area contributed by atoms with E-state index in [0.717, 1.165) is 11.3 Å². The number of para-hydroxylation sites is 1. The Balaban J connectivity index is 1.62. The second-order valence-corrected chi connectivity index (χ2v) is 5.48. The second kappa shape index (κ2) is 7.70. The van der Waals surface area contributed by atoms with Gasteiger partial charge in [-0.05, 0) is 43.3 Å². The standard InChI is InChI=1S/C19H20N2O4/c1-3-24-14-10-8-13(9-11-14)20-19(22)18-12-16(21-25-18)15-6-4-5-7-17(15)23-2/h4-11,18H,3,12H2,1-2H3,(H,20,22). The average Bonchev–Trinajstić information content (AvgIpc) is 3.13. The molecule has 0 aliphatic carbocycles. The quantitative estimate of drug-likeness (QED) is 0.876. The number of amides is 1. The molecule has 1 N–H and O–H groups in total. The lowest BCUT2D eigenvalue weighted by Crippen LogP contribution is -2.28. The van der Waals surface area contributed by atoms with Gasteiger partial charge in [0.1, 0.15) is 11.5 Å². The summed E-state index contributed by atoms with van der Waals surface area (Å²) in [5.74, 6) is 1.23. The third-order valence-electron chi connectivity index (χ3n) is 3.81. The number of oxime groups is 1. The van der Waals surface area contributed by atoms with E-state index in [4.69, 9.17) is 14.3 Å². The van der Waals surface area contributed by atoms with E-state index in [1.54, 1.807) is 19.2 Å². The zero-order chi connectivity index (χ0) is 17.6. The predicted octanol–water partition coefficient (Wildman–Crippen LogP) is 3.23. The number of nitrogens with one attached hydrogen (secondary N) is 1. The Bertz CT molecular complexity index is 771. The molecule has 0 bridgehead atoms. The number of hydrogen-bond donors (Lipinski definition) is 1. The average molecular weight is 340 g/mol. The number of rotatable bonds is 6. The fraction of sp³-hybridized carbons (Fsp3) is 0.263. The number of ether oxygens (including phenoxy) is 2. The third kappa shape index (κ3) is 3.91. The van der Waals surface area contributed by atoms with Crippen LogP contribution in [-0.2, 0) is 9.63 Å². The summed E-state index contributed by atoms with van der Waals surface area (Å²) in [4.78, 5) is 17.7. The lowest BCUT2D eigenvalue weighted by Gasteiger charge is -2.10. The highest BCUT2D eigenvalue weighted by molar-refractivity contribution is 6.07. The minimum atomic E-state index is -0.661. The molecule has 6 nitrogen and oxygen atoms in total. The van der Waals surface area contributed by atoms with Crippen LogP contribution in [0.25, 0.3) is 0 Å². The molecule has 1 heterocycles. The van der Waals surface area contributed by atoms with Crippen molar-refractivity contribution >= 4 is 17.3 Å². The van der Waals surface area contributed by atoms with E-state index in [9.17, 15) is 4.79 Å². The zero-order valence-corrected chi connectivity index (χ0v) is 14.2. The molecule has 130 valence electrons. The zero-order valence-electron chi connectivity index (χ0n) is 14.2. The van der Waals surface area contributed by atoms with Gasteiger partial charge < -0.3 is 19.6 Å². The number of carbonyl (C=O) groups excluding carboxylic acids is 1. The monoisotopic (exact) mass is 340 g/mol. The van der Waals surface area contributed by atoms with Crippen LogP contribution in [0.15, 0.2) is 53.7 Å². The number of carbonyl (C=O) groups is 1. The molecule has 0 spiro atoms. The van der Waals surface area contributed by atoms with Crippen molar-refractivity contribution in [3.63, 3.8) is 0 Å². The van der Waals surface area contributed by atoms with Crippen LogP contribution in [0, 0.1) is 0 Å². The van der Waals surface area contributed by atoms with Crippen LogP contribution in [0.4, 0.5) is 5.69 Å². The number of anilines is 1. The first-order valence-electron chi connectivity index (χ1n) is 8.11. The van der Waals surface area contributed by atoms with E-state index in [1.807, 2.05) is 43.3 Å². The maximum absolute atomic E-state index is 12.4. The number of benzene rings is 2. The fourth-order valence-corrected chi connectivity index (χ4v) is 2.58. The van der Waals surface area contributed by atoms with Gasteiger partial charge in [-0.3, -0.25) is 4.79 Å². The van der Waals surface area contributed by atoms with Crippen molar-refractivity contribution in [1.29, 1.82) is 0 Å². The highest BCUT2D eigenvalue weighted by atomic mass is 16.6. The Labute approximate surface area is 146 Å². The van der Waals surface area contributed by atoms with Gasteiger partial charge in [-0.15, -0.1) is 0 Å². The largest absolute Gasteiger partial charge is 0.496 e. The van der Waals surface area contributed by atoms with E-state index in [2.05, 4.69) is 10.5 Å². The van der Waals surface area contributed by atoms with Crippen molar-refractivity contribution in [1.82, 2.24) is 0 Å². The lowest BCUT2D eigenvalue weighted by molar-refractivity contribution is -0.125.